The number of hydrogen-bond donors (Lipinski definition) is 0. The molecule has 3 rings (SSSR count). The standard InChI is InChI=1S/C20H20P2/c1-13-11-16(15-3-7-18(21)8-4-15)5-9-19(13)17-6-10-20(22)14(2)12-17/h3-12H,21-22H2,1-2H3. The Hall–Kier alpha value is -1.48. The lowest BCUT2D eigenvalue weighted by Crippen LogP contribution is -1.96. The summed E-state index contributed by atoms with van der Waals surface area (Å²) in [4.78, 5) is 0. The van der Waals surface area contributed by atoms with Crippen molar-refractivity contribution in [3.8, 4) is 22.3 Å². The first-order chi connectivity index (χ1) is 10.5. The van der Waals surface area contributed by atoms with E-state index in [1.165, 1.54) is 44.0 Å². The van der Waals surface area contributed by atoms with Crippen molar-refractivity contribution in [2.45, 2.75) is 13.8 Å². The molecule has 3 aromatic carbocycles. The van der Waals surface area contributed by atoms with Gasteiger partial charge in [-0.25, -0.2) is 0 Å². The van der Waals surface area contributed by atoms with Crippen molar-refractivity contribution in [1.29, 1.82) is 0 Å². The quantitative estimate of drug-likeness (QED) is 0.603. The number of rotatable bonds is 2. The predicted octanol–water partition coefficient (Wildman–Crippen LogP) is 4.64. The van der Waals surface area contributed by atoms with E-state index in [1.807, 2.05) is 0 Å². The molecule has 0 saturated heterocycles. The van der Waals surface area contributed by atoms with Crippen molar-refractivity contribution < 1.29 is 0 Å². The van der Waals surface area contributed by atoms with Crippen LogP contribution in [0.5, 0.6) is 0 Å². The van der Waals surface area contributed by atoms with Gasteiger partial charge in [0.05, 0.1) is 0 Å². The molecule has 2 atom stereocenters. The summed E-state index contributed by atoms with van der Waals surface area (Å²) in [6.45, 7) is 4.34. The van der Waals surface area contributed by atoms with Gasteiger partial charge in [-0.05, 0) is 57.8 Å². The molecule has 2 unspecified atom stereocenters. The molecular formula is C20H20P2. The topological polar surface area (TPSA) is 0 Å². The van der Waals surface area contributed by atoms with Crippen LogP contribution in [0.2, 0.25) is 0 Å². The van der Waals surface area contributed by atoms with Gasteiger partial charge in [0, 0.05) is 0 Å². The zero-order valence-electron chi connectivity index (χ0n) is 12.9. The zero-order chi connectivity index (χ0) is 15.7. The fourth-order valence-electron chi connectivity index (χ4n) is 2.69. The fourth-order valence-corrected chi connectivity index (χ4v) is 3.06. The minimum Gasteiger partial charge on any atom is -0.106 e. The van der Waals surface area contributed by atoms with E-state index in [0.29, 0.717) is 0 Å². The van der Waals surface area contributed by atoms with Crippen LogP contribution in [-0.2, 0) is 0 Å². The molecule has 0 saturated carbocycles. The van der Waals surface area contributed by atoms with Crippen LogP contribution in [0.3, 0.4) is 0 Å². The molecule has 2 heteroatoms. The van der Waals surface area contributed by atoms with E-state index in [2.05, 4.69) is 93.0 Å². The Morgan fingerprint density at radius 1 is 0.591 bits per heavy atom. The lowest BCUT2D eigenvalue weighted by atomic mass is 9.95. The third-order valence-corrected chi connectivity index (χ3v) is 5.08. The third kappa shape index (κ3) is 3.14. The molecule has 0 heterocycles. The number of benzene rings is 3. The molecule has 0 N–H and O–H groups in total. The van der Waals surface area contributed by atoms with Crippen LogP contribution in [0, 0.1) is 13.8 Å². The molecule has 0 nitrogen and oxygen atoms in total. The largest absolute Gasteiger partial charge is 0.106 e. The van der Waals surface area contributed by atoms with Crippen molar-refractivity contribution in [3.63, 3.8) is 0 Å². The second kappa shape index (κ2) is 6.33. The van der Waals surface area contributed by atoms with Gasteiger partial charge < -0.3 is 0 Å². The molecule has 22 heavy (non-hydrogen) atoms. The molecule has 0 aliphatic carbocycles. The van der Waals surface area contributed by atoms with Crippen molar-refractivity contribution >= 4 is 29.1 Å². The van der Waals surface area contributed by atoms with Crippen LogP contribution in [0.15, 0.2) is 60.7 Å². The monoisotopic (exact) mass is 322 g/mol. The third-order valence-electron chi connectivity index (χ3n) is 4.05. The molecule has 0 radical (unpaired) electrons. The van der Waals surface area contributed by atoms with Crippen LogP contribution < -0.4 is 10.6 Å². The maximum Gasteiger partial charge on any atom is -0.0154 e. The van der Waals surface area contributed by atoms with Crippen molar-refractivity contribution in [2.24, 2.45) is 0 Å². The Labute approximate surface area is 137 Å². The maximum atomic E-state index is 2.78. The first kappa shape index (κ1) is 15.4. The van der Waals surface area contributed by atoms with E-state index < -0.39 is 0 Å². The normalized spacial score (nSPS) is 10.7. The Morgan fingerprint density at radius 2 is 1.18 bits per heavy atom. The molecule has 0 amide bonds. The van der Waals surface area contributed by atoms with E-state index in [1.54, 1.807) is 0 Å². The van der Waals surface area contributed by atoms with Crippen molar-refractivity contribution in [2.75, 3.05) is 0 Å². The summed E-state index contributed by atoms with van der Waals surface area (Å²) in [6.07, 6.45) is 0. The summed E-state index contributed by atoms with van der Waals surface area (Å²) >= 11 is 0. The van der Waals surface area contributed by atoms with Gasteiger partial charge in [0.2, 0.25) is 0 Å². The van der Waals surface area contributed by atoms with Crippen molar-refractivity contribution in [1.82, 2.24) is 0 Å². The molecule has 3 aromatic rings. The molecule has 0 spiro atoms. The summed E-state index contributed by atoms with van der Waals surface area (Å²) in [6, 6.07) is 21.9. The van der Waals surface area contributed by atoms with Gasteiger partial charge in [0.15, 0.2) is 0 Å². The first-order valence-corrected chi connectivity index (χ1v) is 8.53. The molecular weight excluding hydrogens is 302 g/mol. The second-order valence-electron chi connectivity index (χ2n) is 5.72. The highest BCUT2D eigenvalue weighted by Gasteiger charge is 2.06. The smallest absolute Gasteiger partial charge is 0.0154 e. The predicted molar refractivity (Wildman–Crippen MR) is 105 cm³/mol. The average molecular weight is 322 g/mol. The van der Waals surface area contributed by atoms with Crippen LogP contribution in [-0.4, -0.2) is 0 Å². The van der Waals surface area contributed by atoms with Gasteiger partial charge >= 0.3 is 0 Å². The highest BCUT2D eigenvalue weighted by atomic mass is 31.0. The molecule has 0 fully saturated rings. The van der Waals surface area contributed by atoms with E-state index in [-0.39, 0.29) is 0 Å². The highest BCUT2D eigenvalue weighted by molar-refractivity contribution is 7.27. The van der Waals surface area contributed by atoms with Crippen LogP contribution in [0.4, 0.5) is 0 Å². The maximum absolute atomic E-state index is 2.78. The molecule has 110 valence electrons. The Morgan fingerprint density at radius 3 is 1.82 bits per heavy atom. The van der Waals surface area contributed by atoms with Crippen LogP contribution in [0.25, 0.3) is 22.3 Å². The molecule has 0 aromatic heterocycles. The minimum atomic E-state index is 1.21. The van der Waals surface area contributed by atoms with Gasteiger partial charge in [0.1, 0.15) is 0 Å². The molecule has 0 aliphatic rings. The highest BCUT2D eigenvalue weighted by Crippen LogP contribution is 2.28. The Balaban J connectivity index is 2.01. The van der Waals surface area contributed by atoms with Gasteiger partial charge in [-0.2, -0.15) is 0 Å². The van der Waals surface area contributed by atoms with E-state index in [0.717, 1.165) is 0 Å². The van der Waals surface area contributed by atoms with Crippen LogP contribution >= 0.6 is 18.5 Å². The van der Waals surface area contributed by atoms with Gasteiger partial charge in [0.25, 0.3) is 0 Å². The SMILES string of the molecule is Cc1cc(-c2ccc(-c3ccc(P)cc3)cc2C)ccc1P. The lowest BCUT2D eigenvalue weighted by molar-refractivity contribution is 1.44. The summed E-state index contributed by atoms with van der Waals surface area (Å²) in [7, 11) is 5.51. The number of hydrogen-bond acceptors (Lipinski definition) is 0. The Bertz CT molecular complexity index is 818. The van der Waals surface area contributed by atoms with Gasteiger partial charge in [-0.15, -0.1) is 18.5 Å². The lowest BCUT2D eigenvalue weighted by Gasteiger charge is -2.11. The molecule has 0 aliphatic heterocycles. The van der Waals surface area contributed by atoms with Crippen LogP contribution in [0.1, 0.15) is 11.1 Å². The number of aryl methyl sites for hydroxylation is 2. The summed E-state index contributed by atoms with van der Waals surface area (Å²) in [5.74, 6) is 0. The molecule has 0 bridgehead atoms. The fraction of sp³-hybridized carbons (Fsp3) is 0.100. The van der Waals surface area contributed by atoms with E-state index >= 15 is 0 Å². The van der Waals surface area contributed by atoms with Crippen molar-refractivity contribution in [3.05, 3.63) is 71.8 Å². The van der Waals surface area contributed by atoms with Gasteiger partial charge in [-0.3, -0.25) is 0 Å². The minimum absolute atomic E-state index is 1.21. The second-order valence-corrected chi connectivity index (χ2v) is 7.01. The van der Waals surface area contributed by atoms with E-state index in [9.17, 15) is 0 Å². The van der Waals surface area contributed by atoms with E-state index in [4.69, 9.17) is 0 Å². The average Bonchev–Trinajstić information content (AvgIpc) is 2.51. The van der Waals surface area contributed by atoms with Gasteiger partial charge in [-0.1, -0.05) is 60.7 Å². The zero-order valence-corrected chi connectivity index (χ0v) is 15.2. The summed E-state index contributed by atoms with van der Waals surface area (Å²) in [5.41, 5.74) is 7.74. The summed E-state index contributed by atoms with van der Waals surface area (Å²) < 4.78 is 0. The Kier molecular flexibility index (Phi) is 4.44. The first-order valence-electron chi connectivity index (χ1n) is 7.37. The summed E-state index contributed by atoms with van der Waals surface area (Å²) in [5, 5.41) is 2.47.